The van der Waals surface area contributed by atoms with E-state index in [9.17, 15) is 4.79 Å². The highest BCUT2D eigenvalue weighted by molar-refractivity contribution is 7.80. The van der Waals surface area contributed by atoms with Crippen molar-refractivity contribution in [1.82, 2.24) is 0 Å². The second-order valence-electron chi connectivity index (χ2n) is 2.91. The number of hydrogen-bond acceptors (Lipinski definition) is 3. The number of rotatable bonds is 3. The Kier molecular flexibility index (Phi) is 4.01. The Morgan fingerprint density at radius 2 is 2.27 bits per heavy atom. The summed E-state index contributed by atoms with van der Waals surface area (Å²) in [5.74, 6) is -0.803. The number of carbonyl (C=O) groups is 1. The van der Waals surface area contributed by atoms with Gasteiger partial charge in [-0.25, -0.2) is 0 Å². The lowest BCUT2D eigenvalue weighted by Gasteiger charge is -2.08. The summed E-state index contributed by atoms with van der Waals surface area (Å²) in [6, 6.07) is 5.28. The van der Waals surface area contributed by atoms with Gasteiger partial charge < -0.3 is 5.11 Å². The van der Waals surface area contributed by atoms with Crippen LogP contribution in [0, 0.1) is 11.3 Å². The van der Waals surface area contributed by atoms with Crippen LogP contribution >= 0.6 is 24.2 Å². The fraction of sp³-hybridized carbons (Fsp3) is 0.200. The minimum atomic E-state index is -0.989. The number of thiol groups is 1. The molecule has 0 aromatic heterocycles. The van der Waals surface area contributed by atoms with E-state index in [2.05, 4.69) is 12.6 Å². The predicted octanol–water partition coefficient (Wildman–Crippen LogP) is 2.21. The summed E-state index contributed by atoms with van der Waals surface area (Å²) in [5, 5.41) is 17.6. The van der Waals surface area contributed by atoms with E-state index < -0.39 is 5.97 Å². The van der Waals surface area contributed by atoms with Gasteiger partial charge in [-0.1, -0.05) is 6.07 Å². The molecule has 0 fully saturated rings. The van der Waals surface area contributed by atoms with Crippen LogP contribution in [0.3, 0.4) is 0 Å². The van der Waals surface area contributed by atoms with Crippen LogP contribution in [-0.4, -0.2) is 11.1 Å². The molecule has 1 aromatic rings. The third-order valence-electron chi connectivity index (χ3n) is 1.97. The molecule has 0 aliphatic heterocycles. The number of halogens is 1. The molecule has 78 valence electrons. The van der Waals surface area contributed by atoms with Crippen molar-refractivity contribution in [3.05, 3.63) is 28.8 Å². The number of benzene rings is 1. The lowest BCUT2D eigenvalue weighted by atomic mass is 10.00. The molecule has 0 unspecified atom stereocenters. The first-order chi connectivity index (χ1) is 7.10. The molecule has 0 saturated carbocycles. The van der Waals surface area contributed by atoms with Crippen molar-refractivity contribution in [2.75, 3.05) is 0 Å². The summed E-state index contributed by atoms with van der Waals surface area (Å²) in [7, 11) is 0. The van der Waals surface area contributed by atoms with Crippen LogP contribution in [0.15, 0.2) is 17.0 Å². The molecule has 0 aliphatic carbocycles. The number of nitriles is 1. The van der Waals surface area contributed by atoms with Gasteiger partial charge in [0.1, 0.15) is 6.07 Å². The molecule has 0 radical (unpaired) electrons. The van der Waals surface area contributed by atoms with Crippen LogP contribution in [-0.2, 0) is 17.1 Å². The summed E-state index contributed by atoms with van der Waals surface area (Å²) in [6.45, 7) is 0. The summed E-state index contributed by atoms with van der Waals surface area (Å²) < 4.78 is 0. The van der Waals surface area contributed by atoms with Crippen molar-refractivity contribution in [3.63, 3.8) is 0 Å². The van der Waals surface area contributed by atoms with E-state index >= 15 is 0 Å². The lowest BCUT2D eigenvalue weighted by Crippen LogP contribution is -2.06. The lowest BCUT2D eigenvalue weighted by molar-refractivity contribution is -0.136. The van der Waals surface area contributed by atoms with Crippen LogP contribution in [0.5, 0.6) is 0 Å². The van der Waals surface area contributed by atoms with E-state index in [1.165, 1.54) is 0 Å². The van der Waals surface area contributed by atoms with Crippen LogP contribution < -0.4 is 0 Å². The minimum absolute atomic E-state index is 0.186. The second kappa shape index (κ2) is 5.06. The van der Waals surface area contributed by atoms with Gasteiger partial charge in [-0.2, -0.15) is 5.26 Å². The van der Waals surface area contributed by atoms with Crippen molar-refractivity contribution in [1.29, 1.82) is 5.26 Å². The Bertz CT molecular complexity index is 440. The molecule has 5 heteroatoms. The summed E-state index contributed by atoms with van der Waals surface area (Å²) in [6.07, 6.45) is -0.209. The van der Waals surface area contributed by atoms with Gasteiger partial charge in [0.05, 0.1) is 12.0 Å². The van der Waals surface area contributed by atoms with Crippen molar-refractivity contribution in [3.8, 4) is 6.07 Å². The molecule has 0 aliphatic rings. The molecule has 0 spiro atoms. The zero-order valence-corrected chi connectivity index (χ0v) is 9.35. The van der Waals surface area contributed by atoms with Crippen molar-refractivity contribution >= 4 is 30.2 Å². The van der Waals surface area contributed by atoms with E-state index in [-0.39, 0.29) is 12.3 Å². The maximum absolute atomic E-state index is 10.6. The molecule has 0 bridgehead atoms. The fourth-order valence-electron chi connectivity index (χ4n) is 1.28. The monoisotopic (exact) mass is 241 g/mol. The maximum atomic E-state index is 10.6. The molecule has 0 saturated heterocycles. The predicted molar refractivity (Wildman–Crippen MR) is 59.3 cm³/mol. The Labute approximate surface area is 97.7 Å². The number of aliphatic carboxylic acids is 1. The zero-order valence-electron chi connectivity index (χ0n) is 7.70. The summed E-state index contributed by atoms with van der Waals surface area (Å²) in [4.78, 5) is 11.1. The molecule has 0 amide bonds. The third-order valence-corrected chi connectivity index (χ3v) is 2.63. The SMILES string of the molecule is N#Cc1c(S)ccc(CCl)c1CC(=O)O. The minimum Gasteiger partial charge on any atom is -0.481 e. The molecule has 3 nitrogen and oxygen atoms in total. The highest BCUT2D eigenvalue weighted by Crippen LogP contribution is 2.23. The van der Waals surface area contributed by atoms with Crippen molar-refractivity contribution < 1.29 is 9.90 Å². The maximum Gasteiger partial charge on any atom is 0.307 e. The molecule has 15 heavy (non-hydrogen) atoms. The smallest absolute Gasteiger partial charge is 0.307 e. The summed E-state index contributed by atoms with van der Waals surface area (Å²) >= 11 is 9.77. The van der Waals surface area contributed by atoms with E-state index in [4.69, 9.17) is 22.0 Å². The van der Waals surface area contributed by atoms with Gasteiger partial charge in [0.15, 0.2) is 0 Å². The topological polar surface area (TPSA) is 61.1 Å². The largest absolute Gasteiger partial charge is 0.481 e. The normalized spacial score (nSPS) is 9.67. The van der Waals surface area contributed by atoms with Crippen molar-refractivity contribution in [2.45, 2.75) is 17.2 Å². The van der Waals surface area contributed by atoms with Crippen LogP contribution in [0.1, 0.15) is 16.7 Å². The van der Waals surface area contributed by atoms with E-state index in [1.807, 2.05) is 6.07 Å². The number of carboxylic acid groups (broad SMARTS) is 1. The fourth-order valence-corrected chi connectivity index (χ4v) is 1.79. The first-order valence-corrected chi connectivity index (χ1v) is 5.10. The van der Waals surface area contributed by atoms with Crippen molar-refractivity contribution in [2.24, 2.45) is 0 Å². The number of hydrogen-bond donors (Lipinski definition) is 2. The third kappa shape index (κ3) is 2.65. The van der Waals surface area contributed by atoms with Crippen LogP contribution in [0.4, 0.5) is 0 Å². The molecular weight excluding hydrogens is 234 g/mol. The van der Waals surface area contributed by atoms with Gasteiger partial charge in [-0.3, -0.25) is 4.79 Å². The Morgan fingerprint density at radius 1 is 1.60 bits per heavy atom. The first kappa shape index (κ1) is 11.9. The molecule has 1 rings (SSSR count). The van der Waals surface area contributed by atoms with Crippen LogP contribution in [0.25, 0.3) is 0 Å². The number of nitrogens with zero attached hydrogens (tertiary/aromatic N) is 1. The second-order valence-corrected chi connectivity index (χ2v) is 3.66. The molecule has 0 atom stereocenters. The average molecular weight is 242 g/mol. The summed E-state index contributed by atoms with van der Waals surface area (Å²) in [5.41, 5.74) is 1.40. The molecule has 0 heterocycles. The zero-order chi connectivity index (χ0) is 11.4. The Hall–Kier alpha value is -1.18. The highest BCUT2D eigenvalue weighted by Gasteiger charge is 2.13. The van der Waals surface area contributed by atoms with E-state index in [0.717, 1.165) is 0 Å². The standard InChI is InChI=1S/C10H8ClNO2S/c11-4-6-1-2-9(15)8(5-12)7(6)3-10(13)14/h1-2,15H,3-4H2,(H,13,14). The van der Waals surface area contributed by atoms with Gasteiger partial charge in [-0.15, -0.1) is 24.2 Å². The Balaban J connectivity index is 3.35. The highest BCUT2D eigenvalue weighted by atomic mass is 35.5. The molecule has 1 N–H and O–H groups in total. The van der Waals surface area contributed by atoms with Crippen LogP contribution in [0.2, 0.25) is 0 Å². The van der Waals surface area contributed by atoms with Gasteiger partial charge in [-0.05, 0) is 17.2 Å². The van der Waals surface area contributed by atoms with Gasteiger partial charge >= 0.3 is 5.97 Å². The molecule has 1 aromatic carbocycles. The number of carboxylic acids is 1. The van der Waals surface area contributed by atoms with Gasteiger partial charge in [0.25, 0.3) is 0 Å². The average Bonchev–Trinajstić information content (AvgIpc) is 2.18. The first-order valence-electron chi connectivity index (χ1n) is 4.11. The number of alkyl halides is 1. The van der Waals surface area contributed by atoms with E-state index in [1.54, 1.807) is 12.1 Å². The van der Waals surface area contributed by atoms with Gasteiger partial charge in [0.2, 0.25) is 0 Å². The molecular formula is C10H8ClNO2S. The van der Waals surface area contributed by atoms with E-state index in [0.29, 0.717) is 21.6 Å². The quantitative estimate of drug-likeness (QED) is 0.630. The Morgan fingerprint density at radius 3 is 2.73 bits per heavy atom. The van der Waals surface area contributed by atoms with Gasteiger partial charge in [0, 0.05) is 10.8 Å².